The molecule has 1 saturated heterocycles. The minimum absolute atomic E-state index is 0.00948. The second-order valence-electron chi connectivity index (χ2n) is 5.11. The third-order valence-corrected chi connectivity index (χ3v) is 5.41. The minimum Gasteiger partial charge on any atom is -0.508 e. The number of carbonyl (C=O) groups is 1. The molecule has 0 aliphatic carbocycles. The van der Waals surface area contributed by atoms with Crippen LogP contribution in [0.15, 0.2) is 18.2 Å². The van der Waals surface area contributed by atoms with Crippen LogP contribution in [0.3, 0.4) is 0 Å². The summed E-state index contributed by atoms with van der Waals surface area (Å²) in [5.41, 5.74) is 0.553. The van der Waals surface area contributed by atoms with Gasteiger partial charge in [0.2, 0.25) is 0 Å². The molecular weight excluding hydrogens is 318 g/mol. The third-order valence-electron chi connectivity index (χ3n) is 3.48. The van der Waals surface area contributed by atoms with E-state index in [2.05, 4.69) is 0 Å². The fourth-order valence-electron chi connectivity index (χ4n) is 2.42. The molecule has 116 valence electrons. The summed E-state index contributed by atoms with van der Waals surface area (Å²) >= 11 is 5.88. The highest BCUT2D eigenvalue weighted by molar-refractivity contribution is 7.91. The number of aliphatic carboxylic acids is 1. The zero-order valence-electron chi connectivity index (χ0n) is 11.2. The number of hydrogen-bond donors (Lipinski definition) is 2. The van der Waals surface area contributed by atoms with Gasteiger partial charge in [-0.3, -0.25) is 9.69 Å². The lowest BCUT2D eigenvalue weighted by Crippen LogP contribution is -2.48. The van der Waals surface area contributed by atoms with E-state index in [1.807, 2.05) is 0 Å². The van der Waals surface area contributed by atoms with E-state index in [0.717, 1.165) is 0 Å². The van der Waals surface area contributed by atoms with Crippen LogP contribution in [0.1, 0.15) is 12.0 Å². The lowest BCUT2D eigenvalue weighted by molar-refractivity contribution is -0.138. The van der Waals surface area contributed by atoms with Crippen molar-refractivity contribution in [3.63, 3.8) is 0 Å². The predicted molar refractivity (Wildman–Crippen MR) is 78.2 cm³/mol. The zero-order chi connectivity index (χ0) is 15.6. The molecule has 8 heteroatoms. The molecule has 1 aromatic rings. The fourth-order valence-corrected chi connectivity index (χ4v) is 4.21. The number of benzene rings is 1. The Morgan fingerprint density at radius 2 is 2.14 bits per heavy atom. The number of sulfone groups is 1. The monoisotopic (exact) mass is 333 g/mol. The van der Waals surface area contributed by atoms with Gasteiger partial charge in [0.15, 0.2) is 9.84 Å². The molecule has 21 heavy (non-hydrogen) atoms. The van der Waals surface area contributed by atoms with Gasteiger partial charge in [0.05, 0.1) is 17.9 Å². The van der Waals surface area contributed by atoms with Crippen molar-refractivity contribution in [1.29, 1.82) is 0 Å². The van der Waals surface area contributed by atoms with Crippen LogP contribution in [0.5, 0.6) is 5.75 Å². The lowest BCUT2D eigenvalue weighted by Gasteiger charge is -2.34. The van der Waals surface area contributed by atoms with Crippen LogP contribution in [0.25, 0.3) is 0 Å². The van der Waals surface area contributed by atoms with Crippen molar-refractivity contribution in [1.82, 2.24) is 4.90 Å². The van der Waals surface area contributed by atoms with Crippen LogP contribution in [0.2, 0.25) is 5.02 Å². The molecule has 2 rings (SSSR count). The van der Waals surface area contributed by atoms with E-state index in [-0.39, 0.29) is 36.8 Å². The predicted octanol–water partition coefficient (Wildman–Crippen LogP) is 1.12. The van der Waals surface area contributed by atoms with E-state index < -0.39 is 21.8 Å². The number of carboxylic acid groups (broad SMARTS) is 1. The van der Waals surface area contributed by atoms with E-state index in [0.29, 0.717) is 10.6 Å². The van der Waals surface area contributed by atoms with Gasteiger partial charge in [0.25, 0.3) is 0 Å². The molecule has 1 fully saturated rings. The molecule has 0 radical (unpaired) electrons. The second-order valence-corrected chi connectivity index (χ2v) is 7.77. The average molecular weight is 334 g/mol. The number of hydrogen-bond acceptors (Lipinski definition) is 5. The van der Waals surface area contributed by atoms with Crippen LogP contribution in [-0.4, -0.2) is 53.6 Å². The molecule has 0 amide bonds. The van der Waals surface area contributed by atoms with Crippen molar-refractivity contribution in [3.8, 4) is 5.75 Å². The van der Waals surface area contributed by atoms with Gasteiger partial charge in [0, 0.05) is 29.7 Å². The Balaban J connectivity index is 2.20. The maximum atomic E-state index is 11.7. The van der Waals surface area contributed by atoms with E-state index in [1.165, 1.54) is 6.07 Å². The number of aromatic hydroxyl groups is 1. The Morgan fingerprint density at radius 3 is 2.81 bits per heavy atom. The molecule has 1 unspecified atom stereocenters. The van der Waals surface area contributed by atoms with Crippen molar-refractivity contribution in [3.05, 3.63) is 28.8 Å². The summed E-state index contributed by atoms with van der Waals surface area (Å²) in [6, 6.07) is 4.01. The standard InChI is InChI=1S/C13H16ClNO5S/c14-10-1-2-12(16)9(5-10)7-15-3-4-21(19,20)8-11(15)6-13(17)18/h1-2,5,11,16H,3-4,6-8H2,(H,17,18). The van der Waals surface area contributed by atoms with Crippen LogP contribution >= 0.6 is 11.6 Å². The topological polar surface area (TPSA) is 94.9 Å². The highest BCUT2D eigenvalue weighted by atomic mass is 35.5. The van der Waals surface area contributed by atoms with Crippen LogP contribution < -0.4 is 0 Å². The Labute approximate surface area is 127 Å². The first-order valence-electron chi connectivity index (χ1n) is 6.40. The largest absolute Gasteiger partial charge is 0.508 e. The van der Waals surface area contributed by atoms with Gasteiger partial charge < -0.3 is 10.2 Å². The summed E-state index contributed by atoms with van der Waals surface area (Å²) in [4.78, 5) is 12.7. The van der Waals surface area contributed by atoms with E-state index in [4.69, 9.17) is 16.7 Å². The summed E-state index contributed by atoms with van der Waals surface area (Å²) in [6.45, 7) is 0.506. The number of nitrogens with zero attached hydrogens (tertiary/aromatic N) is 1. The van der Waals surface area contributed by atoms with E-state index in [1.54, 1.807) is 17.0 Å². The molecular formula is C13H16ClNO5S. The normalized spacial score (nSPS) is 22.0. The number of halogens is 1. The molecule has 0 bridgehead atoms. The molecule has 1 heterocycles. The van der Waals surface area contributed by atoms with Gasteiger partial charge in [-0.2, -0.15) is 0 Å². The van der Waals surface area contributed by atoms with Crippen molar-refractivity contribution in [2.24, 2.45) is 0 Å². The molecule has 1 aromatic carbocycles. The fraction of sp³-hybridized carbons (Fsp3) is 0.462. The highest BCUT2D eigenvalue weighted by Crippen LogP contribution is 2.25. The van der Waals surface area contributed by atoms with Gasteiger partial charge in [-0.1, -0.05) is 11.6 Å². The van der Waals surface area contributed by atoms with Gasteiger partial charge in [0.1, 0.15) is 5.75 Å². The van der Waals surface area contributed by atoms with E-state index >= 15 is 0 Å². The molecule has 6 nitrogen and oxygen atoms in total. The van der Waals surface area contributed by atoms with Crippen molar-refractivity contribution >= 4 is 27.4 Å². The first-order chi connectivity index (χ1) is 9.77. The molecule has 0 aromatic heterocycles. The molecule has 0 spiro atoms. The lowest BCUT2D eigenvalue weighted by atomic mass is 10.1. The number of carboxylic acids is 1. The summed E-state index contributed by atoms with van der Waals surface area (Å²) < 4.78 is 23.3. The summed E-state index contributed by atoms with van der Waals surface area (Å²) in [5.74, 6) is -1.18. The van der Waals surface area contributed by atoms with Crippen molar-refractivity contribution in [2.45, 2.75) is 19.0 Å². The first kappa shape index (κ1) is 16.1. The van der Waals surface area contributed by atoms with Crippen molar-refractivity contribution < 1.29 is 23.4 Å². The Hall–Kier alpha value is -1.31. The Morgan fingerprint density at radius 1 is 1.43 bits per heavy atom. The van der Waals surface area contributed by atoms with Gasteiger partial charge in [-0.15, -0.1) is 0 Å². The summed E-state index contributed by atoms with van der Waals surface area (Å²) in [7, 11) is -3.21. The Kier molecular flexibility index (Phi) is 4.75. The molecule has 0 saturated carbocycles. The number of rotatable bonds is 4. The maximum Gasteiger partial charge on any atom is 0.304 e. The first-order valence-corrected chi connectivity index (χ1v) is 8.60. The number of phenolic OH excluding ortho intramolecular Hbond substituents is 1. The maximum absolute atomic E-state index is 11.7. The van der Waals surface area contributed by atoms with Crippen molar-refractivity contribution in [2.75, 3.05) is 18.1 Å². The molecule has 1 aliphatic heterocycles. The molecule has 2 N–H and O–H groups in total. The number of phenols is 1. The van der Waals surface area contributed by atoms with Gasteiger partial charge in [-0.05, 0) is 18.2 Å². The molecule has 1 aliphatic rings. The zero-order valence-corrected chi connectivity index (χ0v) is 12.8. The summed E-state index contributed by atoms with van der Waals surface area (Å²) in [6.07, 6.45) is -0.249. The second kappa shape index (κ2) is 6.21. The van der Waals surface area contributed by atoms with Crippen LogP contribution in [0, 0.1) is 0 Å². The van der Waals surface area contributed by atoms with Crippen LogP contribution in [0.4, 0.5) is 0 Å². The average Bonchev–Trinajstić information content (AvgIpc) is 2.35. The SMILES string of the molecule is O=C(O)CC1CS(=O)(=O)CCN1Cc1cc(Cl)ccc1O. The molecule has 1 atom stereocenters. The smallest absolute Gasteiger partial charge is 0.304 e. The third kappa shape index (κ3) is 4.33. The van der Waals surface area contributed by atoms with E-state index in [9.17, 15) is 18.3 Å². The highest BCUT2D eigenvalue weighted by Gasteiger charge is 2.32. The summed E-state index contributed by atoms with van der Waals surface area (Å²) in [5, 5.41) is 19.2. The Bertz CT molecular complexity index is 646. The van der Waals surface area contributed by atoms with Gasteiger partial charge >= 0.3 is 5.97 Å². The van der Waals surface area contributed by atoms with Crippen LogP contribution in [-0.2, 0) is 21.2 Å². The quantitative estimate of drug-likeness (QED) is 0.857. The minimum atomic E-state index is -3.21. The van der Waals surface area contributed by atoms with Gasteiger partial charge in [-0.25, -0.2) is 8.42 Å².